The van der Waals surface area contributed by atoms with E-state index in [-0.39, 0.29) is 11.6 Å². The second-order valence-corrected chi connectivity index (χ2v) is 5.68. The Morgan fingerprint density at radius 2 is 1.86 bits per heavy atom. The molecular formula is C15H19F3N2O2. The van der Waals surface area contributed by atoms with Crippen LogP contribution in [-0.2, 0) is 0 Å². The molecule has 1 aliphatic rings. The van der Waals surface area contributed by atoms with Gasteiger partial charge in [0.25, 0.3) is 0 Å². The number of nitrogens with zero attached hydrogens (tertiary/aromatic N) is 1. The fourth-order valence-corrected chi connectivity index (χ4v) is 2.68. The minimum absolute atomic E-state index is 0.00816. The zero-order chi connectivity index (χ0) is 16.3. The summed E-state index contributed by atoms with van der Waals surface area (Å²) in [5.41, 5.74) is -0.155. The van der Waals surface area contributed by atoms with Gasteiger partial charge in [0.1, 0.15) is 0 Å². The molecule has 2 atom stereocenters. The molecule has 2 unspecified atom stereocenters. The van der Waals surface area contributed by atoms with Gasteiger partial charge in [-0.15, -0.1) is 0 Å². The van der Waals surface area contributed by atoms with Gasteiger partial charge in [0.15, 0.2) is 17.5 Å². The topological polar surface area (TPSA) is 52.6 Å². The maximum Gasteiger partial charge on any atom is 0.321 e. The Labute approximate surface area is 126 Å². The first kappa shape index (κ1) is 16.6. The Kier molecular flexibility index (Phi) is 5.28. The third-order valence-corrected chi connectivity index (χ3v) is 3.96. The second kappa shape index (κ2) is 7.00. The largest absolute Gasteiger partial charge is 0.393 e. The highest BCUT2D eigenvalue weighted by Crippen LogP contribution is 2.25. The third-order valence-electron chi connectivity index (χ3n) is 3.96. The van der Waals surface area contributed by atoms with Crippen LogP contribution in [0.5, 0.6) is 0 Å². The van der Waals surface area contributed by atoms with Crippen LogP contribution in [0.15, 0.2) is 12.1 Å². The molecule has 0 heterocycles. The second-order valence-electron chi connectivity index (χ2n) is 5.68. The first-order valence-electron chi connectivity index (χ1n) is 7.23. The van der Waals surface area contributed by atoms with Crippen LogP contribution in [-0.4, -0.2) is 35.7 Å². The van der Waals surface area contributed by atoms with Crippen molar-refractivity contribution in [2.45, 2.75) is 31.8 Å². The molecule has 1 saturated carbocycles. The van der Waals surface area contributed by atoms with Gasteiger partial charge in [-0.05, 0) is 12.8 Å². The monoisotopic (exact) mass is 316 g/mol. The normalized spacial score (nSPS) is 21.5. The van der Waals surface area contributed by atoms with Crippen molar-refractivity contribution in [3.8, 4) is 0 Å². The molecule has 0 bridgehead atoms. The first-order chi connectivity index (χ1) is 10.4. The lowest BCUT2D eigenvalue weighted by Crippen LogP contribution is -2.40. The van der Waals surface area contributed by atoms with Crippen LogP contribution in [0.2, 0.25) is 0 Å². The molecule has 0 radical (unpaired) electrons. The number of hydrogen-bond donors (Lipinski definition) is 2. The molecule has 1 aromatic carbocycles. The van der Waals surface area contributed by atoms with Gasteiger partial charge in [-0.3, -0.25) is 0 Å². The van der Waals surface area contributed by atoms with Gasteiger partial charge in [0.2, 0.25) is 0 Å². The van der Waals surface area contributed by atoms with Gasteiger partial charge in [-0.2, -0.15) is 0 Å². The lowest BCUT2D eigenvalue weighted by Gasteiger charge is -2.31. The van der Waals surface area contributed by atoms with Crippen molar-refractivity contribution < 1.29 is 23.1 Å². The number of hydrogen-bond acceptors (Lipinski definition) is 2. The minimum atomic E-state index is -1.57. The average Bonchev–Trinajstić information content (AvgIpc) is 2.47. The van der Waals surface area contributed by atoms with E-state index in [9.17, 15) is 23.1 Å². The molecule has 7 heteroatoms. The lowest BCUT2D eigenvalue weighted by atomic mass is 9.86. The van der Waals surface area contributed by atoms with Gasteiger partial charge < -0.3 is 15.3 Å². The summed E-state index contributed by atoms with van der Waals surface area (Å²) in [4.78, 5) is 13.3. The molecule has 2 N–H and O–H groups in total. The smallest absolute Gasteiger partial charge is 0.321 e. The van der Waals surface area contributed by atoms with Crippen LogP contribution in [0.1, 0.15) is 25.7 Å². The first-order valence-corrected chi connectivity index (χ1v) is 7.23. The standard InChI is InChI=1S/C15H19F3N2O2/c1-20(8-9-4-2-3-5-13(9)21)15(22)19-10-6-11(16)14(18)12(17)7-10/h6-7,9,13,21H,2-5,8H2,1H3,(H,19,22). The van der Waals surface area contributed by atoms with E-state index in [4.69, 9.17) is 0 Å². The number of carbonyl (C=O) groups is 1. The predicted octanol–water partition coefficient (Wildman–Crippen LogP) is 3.12. The summed E-state index contributed by atoms with van der Waals surface area (Å²) in [6, 6.07) is 0.877. The van der Waals surface area contributed by atoms with E-state index in [0.717, 1.165) is 31.4 Å². The Bertz CT molecular complexity index is 531. The molecule has 0 aliphatic heterocycles. The number of aliphatic hydroxyl groups excluding tert-OH is 1. The molecule has 0 spiro atoms. The van der Waals surface area contributed by atoms with Crippen LogP contribution in [0.4, 0.5) is 23.7 Å². The summed E-state index contributed by atoms with van der Waals surface area (Å²) in [6.07, 6.45) is 3.09. The molecular weight excluding hydrogens is 297 g/mol. The third kappa shape index (κ3) is 3.91. The Morgan fingerprint density at radius 3 is 2.45 bits per heavy atom. The summed E-state index contributed by atoms with van der Waals surface area (Å²) < 4.78 is 39.1. The van der Waals surface area contributed by atoms with E-state index in [0.29, 0.717) is 13.0 Å². The van der Waals surface area contributed by atoms with E-state index >= 15 is 0 Å². The molecule has 1 fully saturated rings. The van der Waals surface area contributed by atoms with Gasteiger partial charge in [0.05, 0.1) is 6.10 Å². The average molecular weight is 316 g/mol. The summed E-state index contributed by atoms with van der Waals surface area (Å²) in [6.45, 7) is 0.346. The highest BCUT2D eigenvalue weighted by Gasteiger charge is 2.25. The molecule has 4 nitrogen and oxygen atoms in total. The number of carbonyl (C=O) groups excluding carboxylic acids is 1. The molecule has 122 valence electrons. The number of urea groups is 1. The zero-order valence-corrected chi connectivity index (χ0v) is 12.3. The maximum atomic E-state index is 13.1. The number of amides is 2. The van der Waals surface area contributed by atoms with Crippen molar-refractivity contribution in [2.24, 2.45) is 5.92 Å². The Morgan fingerprint density at radius 1 is 1.27 bits per heavy atom. The van der Waals surface area contributed by atoms with Crippen molar-refractivity contribution >= 4 is 11.7 Å². The molecule has 0 saturated heterocycles. The fourth-order valence-electron chi connectivity index (χ4n) is 2.68. The summed E-state index contributed by atoms with van der Waals surface area (Å²) in [5, 5.41) is 12.2. The SMILES string of the molecule is CN(CC1CCCCC1O)C(=O)Nc1cc(F)c(F)c(F)c1. The Hall–Kier alpha value is -1.76. The number of nitrogens with one attached hydrogen (secondary N) is 1. The van der Waals surface area contributed by atoms with Crippen molar-refractivity contribution in [1.82, 2.24) is 4.90 Å². The highest BCUT2D eigenvalue weighted by atomic mass is 19.2. The van der Waals surface area contributed by atoms with Crippen LogP contribution in [0, 0.1) is 23.4 Å². The quantitative estimate of drug-likeness (QED) is 0.842. The number of anilines is 1. The summed E-state index contributed by atoms with van der Waals surface area (Å²) >= 11 is 0. The Balaban J connectivity index is 1.96. The number of benzene rings is 1. The van der Waals surface area contributed by atoms with Crippen molar-refractivity contribution in [1.29, 1.82) is 0 Å². The molecule has 1 aromatic rings. The van der Waals surface area contributed by atoms with Crippen LogP contribution >= 0.6 is 0 Å². The molecule has 2 rings (SSSR count). The summed E-state index contributed by atoms with van der Waals surface area (Å²) in [5.74, 6) is -4.30. The van der Waals surface area contributed by atoms with E-state index in [1.807, 2.05) is 0 Å². The van der Waals surface area contributed by atoms with E-state index in [1.165, 1.54) is 11.9 Å². The minimum Gasteiger partial charge on any atom is -0.393 e. The number of rotatable bonds is 3. The zero-order valence-electron chi connectivity index (χ0n) is 12.3. The molecule has 2 amide bonds. The molecule has 0 aromatic heterocycles. The van der Waals surface area contributed by atoms with E-state index in [1.54, 1.807) is 0 Å². The molecule has 22 heavy (non-hydrogen) atoms. The van der Waals surface area contributed by atoms with E-state index in [2.05, 4.69) is 5.32 Å². The van der Waals surface area contributed by atoms with Gasteiger partial charge in [0, 0.05) is 37.3 Å². The van der Waals surface area contributed by atoms with Crippen molar-refractivity contribution in [3.63, 3.8) is 0 Å². The maximum absolute atomic E-state index is 13.1. The lowest BCUT2D eigenvalue weighted by molar-refractivity contribution is 0.0575. The number of halogens is 3. The van der Waals surface area contributed by atoms with Gasteiger partial charge in [-0.25, -0.2) is 18.0 Å². The van der Waals surface area contributed by atoms with Crippen molar-refractivity contribution in [2.75, 3.05) is 18.9 Å². The predicted molar refractivity (Wildman–Crippen MR) is 75.9 cm³/mol. The molecule has 1 aliphatic carbocycles. The van der Waals surface area contributed by atoms with E-state index < -0.39 is 29.6 Å². The van der Waals surface area contributed by atoms with Crippen molar-refractivity contribution in [3.05, 3.63) is 29.6 Å². The van der Waals surface area contributed by atoms with Crippen LogP contribution in [0.25, 0.3) is 0 Å². The highest BCUT2D eigenvalue weighted by molar-refractivity contribution is 5.89. The van der Waals surface area contributed by atoms with Crippen LogP contribution in [0.3, 0.4) is 0 Å². The van der Waals surface area contributed by atoms with Gasteiger partial charge >= 0.3 is 6.03 Å². The summed E-state index contributed by atoms with van der Waals surface area (Å²) in [7, 11) is 1.53. The van der Waals surface area contributed by atoms with Crippen LogP contribution < -0.4 is 5.32 Å². The van der Waals surface area contributed by atoms with Gasteiger partial charge in [-0.1, -0.05) is 12.8 Å². The number of aliphatic hydroxyl groups is 1. The fraction of sp³-hybridized carbons (Fsp3) is 0.533.